The van der Waals surface area contributed by atoms with Crippen molar-refractivity contribution < 1.29 is 5.11 Å². The van der Waals surface area contributed by atoms with Crippen molar-refractivity contribution in [2.24, 2.45) is 5.92 Å². The molecule has 3 heteroatoms. The van der Waals surface area contributed by atoms with Gasteiger partial charge < -0.3 is 5.11 Å². The van der Waals surface area contributed by atoms with Crippen LogP contribution in [0.15, 0.2) is 36.4 Å². The average Bonchev–Trinajstić information content (AvgIpc) is 2.54. The molecule has 2 bridgehead atoms. The van der Waals surface area contributed by atoms with Crippen molar-refractivity contribution in [3.05, 3.63) is 42.1 Å². The lowest BCUT2D eigenvalue weighted by atomic mass is 9.76. The first-order valence-corrected chi connectivity index (χ1v) is 7.57. The molecular formula is C18H18N2O. The standard InChI is InChI=1S/C18H18N2O/c21-18(13-20-11-8-15(18)9-12-20)10-7-16-6-5-14-3-1-2-4-17(14)19-16/h1-6,15,21H,8-9,11-13H2. The van der Waals surface area contributed by atoms with E-state index in [2.05, 4.69) is 21.7 Å². The van der Waals surface area contributed by atoms with Gasteiger partial charge in [-0.15, -0.1) is 0 Å². The van der Waals surface area contributed by atoms with E-state index < -0.39 is 5.60 Å². The molecule has 0 radical (unpaired) electrons. The second kappa shape index (κ2) is 4.84. The van der Waals surface area contributed by atoms with Crippen LogP contribution in [0.25, 0.3) is 10.9 Å². The van der Waals surface area contributed by atoms with Crippen molar-refractivity contribution in [2.45, 2.75) is 18.4 Å². The largest absolute Gasteiger partial charge is 0.376 e. The van der Waals surface area contributed by atoms with E-state index in [1.807, 2.05) is 36.4 Å². The van der Waals surface area contributed by atoms with Crippen molar-refractivity contribution >= 4 is 10.9 Å². The number of aromatic nitrogens is 1. The van der Waals surface area contributed by atoms with Gasteiger partial charge in [-0.2, -0.15) is 0 Å². The van der Waals surface area contributed by atoms with Crippen LogP contribution >= 0.6 is 0 Å². The molecule has 1 aromatic carbocycles. The fourth-order valence-electron chi connectivity index (χ4n) is 3.49. The molecule has 3 nitrogen and oxygen atoms in total. The van der Waals surface area contributed by atoms with Gasteiger partial charge in [-0.3, -0.25) is 4.90 Å². The summed E-state index contributed by atoms with van der Waals surface area (Å²) < 4.78 is 0. The highest BCUT2D eigenvalue weighted by Gasteiger charge is 2.44. The molecule has 1 aromatic heterocycles. The predicted octanol–water partition coefficient (Wildman–Crippen LogP) is 2.04. The summed E-state index contributed by atoms with van der Waals surface area (Å²) >= 11 is 0. The second-order valence-electron chi connectivity index (χ2n) is 6.11. The first-order valence-electron chi connectivity index (χ1n) is 7.57. The zero-order chi connectivity index (χ0) is 14.3. The van der Waals surface area contributed by atoms with Gasteiger partial charge in [-0.25, -0.2) is 4.98 Å². The molecule has 2 aromatic rings. The Balaban J connectivity index is 1.65. The number of nitrogens with zero attached hydrogens (tertiary/aromatic N) is 2. The lowest BCUT2D eigenvalue weighted by molar-refractivity contribution is -0.0713. The Morgan fingerprint density at radius 3 is 2.71 bits per heavy atom. The molecule has 3 fully saturated rings. The summed E-state index contributed by atoms with van der Waals surface area (Å²) in [5.41, 5.74) is 0.827. The van der Waals surface area contributed by atoms with Gasteiger partial charge in [0.2, 0.25) is 0 Å². The van der Waals surface area contributed by atoms with Crippen LogP contribution in [0.5, 0.6) is 0 Å². The topological polar surface area (TPSA) is 36.4 Å². The molecule has 0 saturated carbocycles. The fraction of sp³-hybridized carbons (Fsp3) is 0.389. The Bertz CT molecular complexity index is 737. The lowest BCUT2D eigenvalue weighted by Gasteiger charge is -2.47. The van der Waals surface area contributed by atoms with E-state index in [1.54, 1.807) is 0 Å². The van der Waals surface area contributed by atoms with Gasteiger partial charge >= 0.3 is 0 Å². The SMILES string of the molecule is OC1(C#Cc2ccc3ccccc3n2)CN2CCC1CC2. The second-order valence-corrected chi connectivity index (χ2v) is 6.11. The molecule has 3 aliphatic rings. The third-order valence-electron chi connectivity index (χ3n) is 4.73. The van der Waals surface area contributed by atoms with Crippen molar-refractivity contribution in [1.29, 1.82) is 0 Å². The van der Waals surface area contributed by atoms with Crippen LogP contribution in [0, 0.1) is 17.8 Å². The van der Waals surface area contributed by atoms with E-state index in [0.717, 1.165) is 42.5 Å². The van der Waals surface area contributed by atoms with Crippen molar-refractivity contribution in [1.82, 2.24) is 9.88 Å². The lowest BCUT2D eigenvalue weighted by Crippen LogP contribution is -2.58. The van der Waals surface area contributed by atoms with E-state index in [1.165, 1.54) is 0 Å². The normalized spacial score (nSPS) is 30.9. The maximum Gasteiger partial charge on any atom is 0.141 e. The van der Waals surface area contributed by atoms with E-state index in [0.29, 0.717) is 12.5 Å². The number of rotatable bonds is 0. The van der Waals surface area contributed by atoms with Gasteiger partial charge in [-0.05, 0) is 44.0 Å². The van der Waals surface area contributed by atoms with Crippen LogP contribution in [0.1, 0.15) is 18.5 Å². The highest BCUT2D eigenvalue weighted by Crippen LogP contribution is 2.35. The molecular weight excluding hydrogens is 260 g/mol. The van der Waals surface area contributed by atoms with Gasteiger partial charge in [0, 0.05) is 17.8 Å². The molecule has 1 N–H and O–H groups in total. The number of benzene rings is 1. The predicted molar refractivity (Wildman–Crippen MR) is 82.7 cm³/mol. The molecule has 0 amide bonds. The van der Waals surface area contributed by atoms with Crippen LogP contribution in [0.2, 0.25) is 0 Å². The van der Waals surface area contributed by atoms with Gasteiger partial charge in [0.05, 0.1) is 5.52 Å². The average molecular weight is 278 g/mol. The molecule has 3 saturated heterocycles. The smallest absolute Gasteiger partial charge is 0.141 e. The third-order valence-corrected chi connectivity index (χ3v) is 4.73. The Morgan fingerprint density at radius 2 is 1.95 bits per heavy atom. The quantitative estimate of drug-likeness (QED) is 0.749. The van der Waals surface area contributed by atoms with Crippen molar-refractivity contribution in [3.63, 3.8) is 0 Å². The monoisotopic (exact) mass is 278 g/mol. The molecule has 106 valence electrons. The van der Waals surface area contributed by atoms with Crippen LogP contribution in [-0.2, 0) is 0 Å². The molecule has 3 aliphatic heterocycles. The fourth-order valence-corrected chi connectivity index (χ4v) is 3.49. The van der Waals surface area contributed by atoms with Gasteiger partial charge in [0.1, 0.15) is 11.3 Å². The highest BCUT2D eigenvalue weighted by molar-refractivity contribution is 5.78. The number of hydrogen-bond acceptors (Lipinski definition) is 3. The Kier molecular flexibility index (Phi) is 2.95. The Labute approximate surface area is 124 Å². The minimum atomic E-state index is -0.857. The molecule has 1 atom stereocenters. The molecule has 0 spiro atoms. The Morgan fingerprint density at radius 1 is 1.14 bits per heavy atom. The summed E-state index contributed by atoms with van der Waals surface area (Å²) in [6.07, 6.45) is 2.10. The summed E-state index contributed by atoms with van der Waals surface area (Å²) in [4.78, 5) is 6.86. The van der Waals surface area contributed by atoms with Crippen molar-refractivity contribution in [3.8, 4) is 11.8 Å². The van der Waals surface area contributed by atoms with Gasteiger partial charge in [-0.1, -0.05) is 30.2 Å². The zero-order valence-corrected chi connectivity index (χ0v) is 11.9. The molecule has 21 heavy (non-hydrogen) atoms. The zero-order valence-electron chi connectivity index (χ0n) is 11.9. The minimum absolute atomic E-state index is 0.315. The summed E-state index contributed by atoms with van der Waals surface area (Å²) in [5, 5.41) is 11.9. The molecule has 4 heterocycles. The van der Waals surface area contributed by atoms with E-state index >= 15 is 0 Å². The maximum absolute atomic E-state index is 10.8. The van der Waals surface area contributed by atoms with Crippen molar-refractivity contribution in [2.75, 3.05) is 19.6 Å². The first-order chi connectivity index (χ1) is 10.2. The van der Waals surface area contributed by atoms with E-state index in [-0.39, 0.29) is 0 Å². The number of fused-ring (bicyclic) bond motifs is 4. The summed E-state index contributed by atoms with van der Waals surface area (Å²) in [6, 6.07) is 12.0. The number of aliphatic hydroxyl groups is 1. The third kappa shape index (κ3) is 2.31. The number of hydrogen-bond donors (Lipinski definition) is 1. The molecule has 0 aliphatic carbocycles. The minimum Gasteiger partial charge on any atom is -0.376 e. The van der Waals surface area contributed by atoms with Crippen LogP contribution in [0.4, 0.5) is 0 Å². The van der Waals surface area contributed by atoms with E-state index in [4.69, 9.17) is 0 Å². The molecule has 5 rings (SSSR count). The number of pyridine rings is 1. The maximum atomic E-state index is 10.8. The number of para-hydroxylation sites is 1. The first kappa shape index (κ1) is 12.8. The Hall–Kier alpha value is -1.89. The van der Waals surface area contributed by atoms with Gasteiger partial charge in [0.15, 0.2) is 0 Å². The molecule has 1 unspecified atom stereocenters. The highest BCUT2D eigenvalue weighted by atomic mass is 16.3. The van der Waals surface area contributed by atoms with E-state index in [9.17, 15) is 5.11 Å². The summed E-state index contributed by atoms with van der Waals surface area (Å²) in [5.74, 6) is 6.52. The van der Waals surface area contributed by atoms with Gasteiger partial charge in [0.25, 0.3) is 0 Å². The van der Waals surface area contributed by atoms with Crippen LogP contribution in [-0.4, -0.2) is 40.2 Å². The number of piperidine rings is 3. The summed E-state index contributed by atoms with van der Waals surface area (Å²) in [7, 11) is 0. The van der Waals surface area contributed by atoms with Crippen LogP contribution < -0.4 is 0 Å². The summed E-state index contributed by atoms with van der Waals surface area (Å²) in [6.45, 7) is 2.88. The van der Waals surface area contributed by atoms with Crippen LogP contribution in [0.3, 0.4) is 0 Å².